The number of anilines is 1. The van der Waals surface area contributed by atoms with Gasteiger partial charge in [0.25, 0.3) is 0 Å². The molecule has 1 aromatic rings. The lowest BCUT2D eigenvalue weighted by atomic mass is 9.94. The fourth-order valence-corrected chi connectivity index (χ4v) is 2.58. The molecule has 5 heteroatoms. The summed E-state index contributed by atoms with van der Waals surface area (Å²) in [5.74, 6) is 0.126. The number of benzene rings is 1. The molecule has 2 heterocycles. The van der Waals surface area contributed by atoms with E-state index in [1.165, 1.54) is 0 Å². The van der Waals surface area contributed by atoms with Gasteiger partial charge in [0.15, 0.2) is 5.78 Å². The molecule has 0 bridgehead atoms. The zero-order valence-electron chi connectivity index (χ0n) is 10.4. The van der Waals surface area contributed by atoms with E-state index in [4.69, 9.17) is 0 Å². The van der Waals surface area contributed by atoms with Gasteiger partial charge in [0.05, 0.1) is 5.69 Å². The number of aliphatic imine (C=N–C) groups is 1. The summed E-state index contributed by atoms with van der Waals surface area (Å²) in [5.41, 5.74) is 2.26. The summed E-state index contributed by atoms with van der Waals surface area (Å²) in [7, 11) is 0. The molecule has 0 atom stereocenters. The number of rotatable bonds is 3. The van der Waals surface area contributed by atoms with E-state index >= 15 is 0 Å². The molecular formula is C14H14F2N2O. The predicted octanol–water partition coefficient (Wildman–Crippen LogP) is 3.07. The molecule has 0 spiro atoms. The highest BCUT2D eigenvalue weighted by Gasteiger charge is 2.30. The van der Waals surface area contributed by atoms with Crippen molar-refractivity contribution in [2.45, 2.75) is 19.3 Å². The Labute approximate surface area is 109 Å². The predicted molar refractivity (Wildman–Crippen MR) is 69.9 cm³/mol. The van der Waals surface area contributed by atoms with Crippen LogP contribution in [0.3, 0.4) is 0 Å². The number of fused-ring (bicyclic) bond motifs is 1. The van der Waals surface area contributed by atoms with Crippen molar-refractivity contribution in [2.24, 2.45) is 10.9 Å². The molecular weight excluding hydrogens is 250 g/mol. The molecule has 0 unspecified atom stereocenters. The number of hydrogen-bond donors (Lipinski definition) is 0. The summed E-state index contributed by atoms with van der Waals surface area (Å²) in [6, 6.07) is 5.54. The second-order valence-corrected chi connectivity index (χ2v) is 5.04. The van der Waals surface area contributed by atoms with Crippen molar-refractivity contribution in [3.05, 3.63) is 23.8 Å². The Balaban J connectivity index is 1.72. The van der Waals surface area contributed by atoms with Crippen LogP contribution in [0.25, 0.3) is 0 Å². The van der Waals surface area contributed by atoms with Gasteiger partial charge in [-0.1, -0.05) is 0 Å². The van der Waals surface area contributed by atoms with Crippen LogP contribution in [0.4, 0.5) is 20.2 Å². The Morgan fingerprint density at radius 2 is 2.16 bits per heavy atom. The molecule has 100 valence electrons. The van der Waals surface area contributed by atoms with E-state index in [1.54, 1.807) is 6.21 Å². The highest BCUT2D eigenvalue weighted by atomic mass is 19.3. The van der Waals surface area contributed by atoms with E-state index in [2.05, 4.69) is 4.99 Å². The van der Waals surface area contributed by atoms with Crippen LogP contribution >= 0.6 is 0 Å². The molecule has 3 nitrogen and oxygen atoms in total. The normalized spacial score (nSPS) is 18.7. The highest BCUT2D eigenvalue weighted by molar-refractivity contribution is 6.10. The summed E-state index contributed by atoms with van der Waals surface area (Å²) in [5, 5.41) is 0. The lowest BCUT2D eigenvalue weighted by Crippen LogP contribution is -2.47. The molecule has 0 amide bonds. The van der Waals surface area contributed by atoms with Crippen LogP contribution in [0.2, 0.25) is 0 Å². The first-order valence-corrected chi connectivity index (χ1v) is 6.36. The van der Waals surface area contributed by atoms with Crippen LogP contribution in [0, 0.1) is 5.92 Å². The first-order chi connectivity index (χ1) is 9.13. The third-order valence-corrected chi connectivity index (χ3v) is 3.62. The van der Waals surface area contributed by atoms with Crippen molar-refractivity contribution < 1.29 is 13.6 Å². The summed E-state index contributed by atoms with van der Waals surface area (Å²) < 4.78 is 24.5. The van der Waals surface area contributed by atoms with Crippen molar-refractivity contribution in [1.29, 1.82) is 0 Å². The summed E-state index contributed by atoms with van der Waals surface area (Å²) in [6.07, 6.45) is -0.312. The van der Waals surface area contributed by atoms with E-state index in [0.29, 0.717) is 30.8 Å². The minimum atomic E-state index is -2.23. The first-order valence-electron chi connectivity index (χ1n) is 6.36. The van der Waals surface area contributed by atoms with Gasteiger partial charge in [-0.2, -0.15) is 0 Å². The van der Waals surface area contributed by atoms with E-state index in [-0.39, 0.29) is 18.1 Å². The molecule has 2 aliphatic heterocycles. The number of carbonyl (C=O) groups excluding carboxylic acids is 1. The second-order valence-electron chi connectivity index (χ2n) is 5.04. The Morgan fingerprint density at radius 1 is 1.37 bits per heavy atom. The van der Waals surface area contributed by atoms with Gasteiger partial charge in [0.1, 0.15) is 0 Å². The third kappa shape index (κ3) is 2.37. The van der Waals surface area contributed by atoms with Gasteiger partial charge < -0.3 is 4.90 Å². The first kappa shape index (κ1) is 12.3. The molecule has 0 aromatic heterocycles. The van der Waals surface area contributed by atoms with Crippen LogP contribution in [-0.4, -0.2) is 31.5 Å². The Bertz CT molecular complexity index is 536. The molecule has 1 saturated heterocycles. The average Bonchev–Trinajstić information content (AvgIpc) is 2.33. The maximum Gasteiger partial charge on any atom is 0.239 e. The van der Waals surface area contributed by atoms with Crippen LogP contribution in [0.15, 0.2) is 23.2 Å². The highest BCUT2D eigenvalue weighted by Crippen LogP contribution is 2.33. The minimum Gasteiger partial charge on any atom is -0.371 e. The molecule has 1 fully saturated rings. The summed E-state index contributed by atoms with van der Waals surface area (Å²) in [4.78, 5) is 18.0. The van der Waals surface area contributed by atoms with Gasteiger partial charge in [-0.25, -0.2) is 8.78 Å². The standard InChI is InChI=1S/C14H14F2N2O/c15-14(16)5-9-7-18(8-9)10-1-2-12-11(6-10)13(19)3-4-17-12/h1-2,4,6,9,14H,3,5,7-8H2. The average molecular weight is 264 g/mol. The molecule has 0 N–H and O–H groups in total. The minimum absolute atomic E-state index is 0.0370. The van der Waals surface area contributed by atoms with Crippen molar-refractivity contribution in [1.82, 2.24) is 0 Å². The van der Waals surface area contributed by atoms with Crippen LogP contribution in [0.5, 0.6) is 0 Å². The molecule has 3 rings (SSSR count). The topological polar surface area (TPSA) is 32.7 Å². The largest absolute Gasteiger partial charge is 0.371 e. The quantitative estimate of drug-likeness (QED) is 0.840. The lowest BCUT2D eigenvalue weighted by molar-refractivity contribution is 0.100. The molecule has 0 aliphatic carbocycles. The summed E-state index contributed by atoms with van der Waals surface area (Å²) in [6.45, 7) is 1.28. The van der Waals surface area contributed by atoms with E-state index in [1.807, 2.05) is 23.1 Å². The number of nitrogens with zero attached hydrogens (tertiary/aromatic N) is 2. The van der Waals surface area contributed by atoms with Crippen molar-refractivity contribution in [2.75, 3.05) is 18.0 Å². The van der Waals surface area contributed by atoms with Gasteiger partial charge in [-0.05, 0) is 24.1 Å². The van der Waals surface area contributed by atoms with Gasteiger partial charge in [-0.15, -0.1) is 0 Å². The maximum atomic E-state index is 12.2. The third-order valence-electron chi connectivity index (χ3n) is 3.62. The second kappa shape index (κ2) is 4.72. The zero-order valence-corrected chi connectivity index (χ0v) is 10.4. The number of carbonyl (C=O) groups is 1. The Hall–Kier alpha value is -1.78. The van der Waals surface area contributed by atoms with Crippen molar-refractivity contribution in [3.8, 4) is 0 Å². The van der Waals surface area contributed by atoms with Gasteiger partial charge in [0.2, 0.25) is 6.43 Å². The Morgan fingerprint density at radius 3 is 2.89 bits per heavy atom. The SMILES string of the molecule is O=C1CC=Nc2ccc(N3CC(CC(F)F)C3)cc21. The maximum absolute atomic E-state index is 12.2. The number of halogens is 2. The molecule has 19 heavy (non-hydrogen) atoms. The fourth-order valence-electron chi connectivity index (χ4n) is 2.58. The van der Waals surface area contributed by atoms with Crippen LogP contribution in [0.1, 0.15) is 23.2 Å². The number of ketones is 1. The van der Waals surface area contributed by atoms with E-state index in [0.717, 1.165) is 5.69 Å². The van der Waals surface area contributed by atoms with Crippen molar-refractivity contribution in [3.63, 3.8) is 0 Å². The van der Waals surface area contributed by atoms with Crippen molar-refractivity contribution >= 4 is 23.4 Å². The smallest absolute Gasteiger partial charge is 0.239 e. The van der Waals surface area contributed by atoms with Gasteiger partial charge >= 0.3 is 0 Å². The van der Waals surface area contributed by atoms with E-state index in [9.17, 15) is 13.6 Å². The van der Waals surface area contributed by atoms with E-state index < -0.39 is 6.43 Å². The summed E-state index contributed by atoms with van der Waals surface area (Å²) >= 11 is 0. The van der Waals surface area contributed by atoms with Crippen LogP contribution < -0.4 is 4.90 Å². The molecule has 2 aliphatic rings. The lowest BCUT2D eigenvalue weighted by Gasteiger charge is -2.41. The van der Waals surface area contributed by atoms with Gasteiger partial charge in [-0.3, -0.25) is 9.79 Å². The fraction of sp³-hybridized carbons (Fsp3) is 0.429. The zero-order chi connectivity index (χ0) is 13.4. The van der Waals surface area contributed by atoms with Gasteiger partial charge in [0, 0.05) is 43.4 Å². The number of alkyl halides is 2. The molecule has 0 saturated carbocycles. The Kier molecular flexibility index (Phi) is 3.05. The number of Topliss-reactive ketones (excluding diaryl/α,β-unsaturated/α-hetero) is 1. The molecule has 1 aromatic carbocycles. The number of hydrogen-bond acceptors (Lipinski definition) is 3. The molecule has 0 radical (unpaired) electrons. The van der Waals surface area contributed by atoms with Crippen LogP contribution in [-0.2, 0) is 0 Å². The monoisotopic (exact) mass is 264 g/mol.